The molecule has 0 saturated carbocycles. The molecule has 0 fully saturated rings. The van der Waals surface area contributed by atoms with Crippen LogP contribution in [0.15, 0.2) is 60.7 Å². The number of aryl methyl sites for hydroxylation is 1. The molecule has 134 valence electrons. The Bertz CT molecular complexity index is 872. The zero-order chi connectivity index (χ0) is 18.5. The summed E-state index contributed by atoms with van der Waals surface area (Å²) < 4.78 is 1.86. The molecule has 1 aromatic heterocycles. The van der Waals surface area contributed by atoms with Crippen molar-refractivity contribution in [2.45, 2.75) is 20.3 Å². The largest absolute Gasteiger partial charge is 0.374 e. The van der Waals surface area contributed by atoms with Gasteiger partial charge in [-0.3, -0.25) is 4.79 Å². The second-order valence-corrected chi connectivity index (χ2v) is 6.35. The summed E-state index contributed by atoms with van der Waals surface area (Å²) >= 11 is 0. The van der Waals surface area contributed by atoms with E-state index >= 15 is 0 Å². The van der Waals surface area contributed by atoms with Crippen molar-refractivity contribution in [3.8, 4) is 5.69 Å². The van der Waals surface area contributed by atoms with E-state index in [1.165, 1.54) is 0 Å². The Morgan fingerprint density at radius 3 is 2.31 bits per heavy atom. The van der Waals surface area contributed by atoms with Crippen LogP contribution in [-0.2, 0) is 4.79 Å². The molecule has 0 saturated heterocycles. The molecule has 1 amide bonds. The maximum atomic E-state index is 12.4. The van der Waals surface area contributed by atoms with Crippen molar-refractivity contribution in [3.63, 3.8) is 0 Å². The number of anilines is 2. The van der Waals surface area contributed by atoms with E-state index in [0.717, 1.165) is 28.5 Å². The number of nitrogens with zero attached hydrogens (tertiary/aromatic N) is 3. The highest BCUT2D eigenvalue weighted by Crippen LogP contribution is 2.23. The Morgan fingerprint density at radius 2 is 1.65 bits per heavy atom. The van der Waals surface area contributed by atoms with Gasteiger partial charge in [0.05, 0.1) is 22.8 Å². The molecule has 1 heterocycles. The molecule has 0 aliphatic rings. The van der Waals surface area contributed by atoms with Gasteiger partial charge in [0.15, 0.2) is 0 Å². The van der Waals surface area contributed by atoms with Crippen LogP contribution in [0.5, 0.6) is 0 Å². The van der Waals surface area contributed by atoms with Crippen LogP contribution in [0.3, 0.4) is 0 Å². The number of para-hydroxylation sites is 2. The molecule has 5 nitrogen and oxygen atoms in total. The Kier molecular flexibility index (Phi) is 5.37. The average molecular weight is 348 g/mol. The summed E-state index contributed by atoms with van der Waals surface area (Å²) in [5, 5.41) is 7.59. The molecular weight excluding hydrogens is 324 g/mol. The third-order valence-electron chi connectivity index (χ3n) is 4.43. The van der Waals surface area contributed by atoms with Gasteiger partial charge in [-0.25, -0.2) is 4.68 Å². The quantitative estimate of drug-likeness (QED) is 0.734. The minimum atomic E-state index is -0.00778. The van der Waals surface area contributed by atoms with Crippen LogP contribution in [0.4, 0.5) is 11.4 Å². The van der Waals surface area contributed by atoms with Gasteiger partial charge < -0.3 is 10.2 Å². The van der Waals surface area contributed by atoms with Crippen LogP contribution in [0, 0.1) is 13.8 Å². The highest BCUT2D eigenvalue weighted by atomic mass is 16.1. The maximum Gasteiger partial charge on any atom is 0.226 e. The summed E-state index contributed by atoms with van der Waals surface area (Å²) in [7, 11) is 1.99. The first kappa shape index (κ1) is 17.7. The van der Waals surface area contributed by atoms with Crippen LogP contribution in [0.25, 0.3) is 5.69 Å². The summed E-state index contributed by atoms with van der Waals surface area (Å²) in [5.74, 6) is -0.00778. The molecule has 0 bridgehead atoms. The van der Waals surface area contributed by atoms with Gasteiger partial charge in [-0.1, -0.05) is 36.4 Å². The molecular formula is C21H24N4O. The number of amides is 1. The molecule has 1 N–H and O–H groups in total. The Balaban J connectivity index is 1.65. The number of rotatable bonds is 6. The number of carbonyl (C=O) groups excluding carboxylic acids is 1. The zero-order valence-corrected chi connectivity index (χ0v) is 15.4. The van der Waals surface area contributed by atoms with Crippen LogP contribution in [0.1, 0.15) is 17.8 Å². The fourth-order valence-corrected chi connectivity index (χ4v) is 2.93. The number of hydrogen-bond acceptors (Lipinski definition) is 3. The molecule has 0 spiro atoms. The van der Waals surface area contributed by atoms with Gasteiger partial charge in [0.1, 0.15) is 0 Å². The highest BCUT2D eigenvalue weighted by molar-refractivity contribution is 5.92. The van der Waals surface area contributed by atoms with Crippen molar-refractivity contribution in [1.29, 1.82) is 0 Å². The third kappa shape index (κ3) is 3.94. The van der Waals surface area contributed by atoms with E-state index in [0.29, 0.717) is 13.0 Å². The van der Waals surface area contributed by atoms with Crippen LogP contribution < -0.4 is 10.2 Å². The lowest BCUT2D eigenvalue weighted by Crippen LogP contribution is -2.24. The van der Waals surface area contributed by atoms with Crippen LogP contribution in [-0.4, -0.2) is 29.3 Å². The SMILES string of the molecule is Cc1nn(-c2ccccc2)c(C)c1NC(=O)CCN(C)c1ccccc1. The van der Waals surface area contributed by atoms with Crippen molar-refractivity contribution in [3.05, 3.63) is 72.1 Å². The topological polar surface area (TPSA) is 50.2 Å². The molecule has 3 aromatic rings. The van der Waals surface area contributed by atoms with Gasteiger partial charge in [0, 0.05) is 25.7 Å². The number of benzene rings is 2. The minimum Gasteiger partial charge on any atom is -0.374 e. The first-order chi connectivity index (χ1) is 12.6. The summed E-state index contributed by atoms with van der Waals surface area (Å²) in [4.78, 5) is 14.5. The predicted octanol–water partition coefficient (Wildman–Crippen LogP) is 3.95. The fourth-order valence-electron chi connectivity index (χ4n) is 2.93. The first-order valence-corrected chi connectivity index (χ1v) is 8.74. The van der Waals surface area contributed by atoms with Crippen molar-refractivity contribution >= 4 is 17.3 Å². The fraction of sp³-hybridized carbons (Fsp3) is 0.238. The predicted molar refractivity (Wildman–Crippen MR) is 106 cm³/mol. The second kappa shape index (κ2) is 7.87. The van der Waals surface area contributed by atoms with E-state index in [-0.39, 0.29) is 5.91 Å². The number of nitrogens with one attached hydrogen (secondary N) is 1. The van der Waals surface area contributed by atoms with E-state index in [2.05, 4.69) is 15.3 Å². The summed E-state index contributed by atoms with van der Waals surface area (Å²) in [6, 6.07) is 20.0. The molecule has 5 heteroatoms. The van der Waals surface area contributed by atoms with Crippen molar-refractivity contribution in [1.82, 2.24) is 9.78 Å². The summed E-state index contributed by atoms with van der Waals surface area (Å²) in [6.45, 7) is 4.54. The summed E-state index contributed by atoms with van der Waals surface area (Å²) in [5.41, 5.74) is 4.62. The molecule has 0 atom stereocenters. The summed E-state index contributed by atoms with van der Waals surface area (Å²) in [6.07, 6.45) is 0.417. The van der Waals surface area contributed by atoms with Crippen molar-refractivity contribution in [2.75, 3.05) is 23.8 Å². The van der Waals surface area contributed by atoms with Gasteiger partial charge in [-0.15, -0.1) is 0 Å². The van der Waals surface area contributed by atoms with Crippen molar-refractivity contribution in [2.24, 2.45) is 0 Å². The lowest BCUT2D eigenvalue weighted by Gasteiger charge is -2.18. The van der Waals surface area contributed by atoms with Gasteiger partial charge in [0.2, 0.25) is 5.91 Å². The number of aromatic nitrogens is 2. The number of hydrogen-bond donors (Lipinski definition) is 1. The van der Waals surface area contributed by atoms with Gasteiger partial charge in [-0.05, 0) is 38.1 Å². The van der Waals surface area contributed by atoms with E-state index < -0.39 is 0 Å². The van der Waals surface area contributed by atoms with Gasteiger partial charge in [0.25, 0.3) is 0 Å². The average Bonchev–Trinajstić information content (AvgIpc) is 2.95. The van der Waals surface area contributed by atoms with E-state index in [1.54, 1.807) is 0 Å². The molecule has 0 unspecified atom stereocenters. The Hall–Kier alpha value is -3.08. The lowest BCUT2D eigenvalue weighted by molar-refractivity contribution is -0.116. The van der Waals surface area contributed by atoms with Crippen molar-refractivity contribution < 1.29 is 4.79 Å². The smallest absolute Gasteiger partial charge is 0.226 e. The van der Waals surface area contributed by atoms with Crippen LogP contribution >= 0.6 is 0 Å². The van der Waals surface area contributed by atoms with Crippen LogP contribution in [0.2, 0.25) is 0 Å². The third-order valence-corrected chi connectivity index (χ3v) is 4.43. The Morgan fingerprint density at radius 1 is 1.04 bits per heavy atom. The molecule has 0 aliphatic heterocycles. The Labute approximate surface area is 154 Å². The highest BCUT2D eigenvalue weighted by Gasteiger charge is 2.15. The number of carbonyl (C=O) groups is 1. The normalized spacial score (nSPS) is 10.6. The second-order valence-electron chi connectivity index (χ2n) is 6.35. The van der Waals surface area contributed by atoms with E-state index in [4.69, 9.17) is 0 Å². The maximum absolute atomic E-state index is 12.4. The molecule has 3 rings (SSSR count). The molecule has 26 heavy (non-hydrogen) atoms. The molecule has 2 aromatic carbocycles. The van der Waals surface area contributed by atoms with Gasteiger partial charge in [-0.2, -0.15) is 5.10 Å². The molecule has 0 radical (unpaired) electrons. The first-order valence-electron chi connectivity index (χ1n) is 8.74. The van der Waals surface area contributed by atoms with Gasteiger partial charge >= 0.3 is 0 Å². The van der Waals surface area contributed by atoms with E-state index in [1.807, 2.05) is 86.2 Å². The molecule has 0 aliphatic carbocycles. The lowest BCUT2D eigenvalue weighted by atomic mass is 10.2. The van der Waals surface area contributed by atoms with E-state index in [9.17, 15) is 4.79 Å². The standard InChI is InChI=1S/C21H24N4O/c1-16-21(17(2)25(23-16)19-12-8-5-9-13-19)22-20(26)14-15-24(3)18-10-6-4-7-11-18/h4-13H,14-15H2,1-3H3,(H,22,26). The minimum absolute atomic E-state index is 0.00778. The monoisotopic (exact) mass is 348 g/mol. The zero-order valence-electron chi connectivity index (χ0n) is 15.4.